The van der Waals surface area contributed by atoms with Crippen LogP contribution in [-0.4, -0.2) is 64.6 Å². The minimum absolute atomic E-state index is 0.0456. The lowest BCUT2D eigenvalue weighted by Gasteiger charge is -2.31. The first-order chi connectivity index (χ1) is 14.8. The minimum atomic E-state index is -0.579. The van der Waals surface area contributed by atoms with E-state index in [1.807, 2.05) is 0 Å². The van der Waals surface area contributed by atoms with Crippen LogP contribution < -0.4 is 27.5 Å². The van der Waals surface area contributed by atoms with Crippen molar-refractivity contribution >= 4 is 34.4 Å². The topological polar surface area (TPSA) is 178 Å². The molecule has 0 saturated carbocycles. The summed E-state index contributed by atoms with van der Waals surface area (Å²) < 4.78 is 5.13. The molecule has 1 amide bonds. The first kappa shape index (κ1) is 22.1. The monoisotopic (exact) mass is 446 g/mol. The maximum Gasteiger partial charge on any atom is 0.283 e. The van der Waals surface area contributed by atoms with Gasteiger partial charge >= 0.3 is 0 Å². The van der Waals surface area contributed by atoms with Crippen molar-refractivity contribution in [3.63, 3.8) is 0 Å². The molecule has 0 radical (unpaired) electrons. The Balaban J connectivity index is 1.91. The lowest BCUT2D eigenvalue weighted by atomic mass is 9.89. The van der Waals surface area contributed by atoms with Crippen LogP contribution in [0.3, 0.4) is 0 Å². The Bertz CT molecular complexity index is 1030. The summed E-state index contributed by atoms with van der Waals surface area (Å²) in [5, 5.41) is 19.9. The summed E-state index contributed by atoms with van der Waals surface area (Å²) in [7, 11) is 1.39. The van der Waals surface area contributed by atoms with E-state index < -0.39 is 4.92 Å². The summed E-state index contributed by atoms with van der Waals surface area (Å²) in [5.74, 6) is 11.3. The number of thiocarbonyl (C=S) groups is 1. The standard InChI is InChI=1S/C18H22N8O4S/c1-30-10-8-11-14(12(9-10)26(28)29)16(23-20)17(15(19)18(11)31)22-3-2-13(27)24-4-6-25(21)7-5-24/h2-3,8-9,22H,4-7,19-21H2,1H3/b3-2+,23-16?. The number of nitrogens with two attached hydrogens (primary N) is 3. The fourth-order valence-electron chi connectivity index (χ4n) is 3.32. The number of amides is 1. The number of ether oxygens (including phenoxy) is 1. The molecule has 0 atom stereocenters. The molecule has 12 nitrogen and oxygen atoms in total. The molecule has 0 unspecified atom stereocenters. The lowest BCUT2D eigenvalue weighted by Crippen LogP contribution is -2.50. The third-order valence-corrected chi connectivity index (χ3v) is 5.40. The number of allylic oxidation sites excluding steroid dienone is 2. The van der Waals surface area contributed by atoms with Gasteiger partial charge in [0.05, 0.1) is 39.9 Å². The Labute approximate surface area is 183 Å². The van der Waals surface area contributed by atoms with Gasteiger partial charge in [-0.15, -0.1) is 0 Å². The molecule has 1 aromatic carbocycles. The van der Waals surface area contributed by atoms with Crippen molar-refractivity contribution in [1.82, 2.24) is 15.2 Å². The number of hydrazine groups is 1. The van der Waals surface area contributed by atoms with Crippen molar-refractivity contribution in [2.75, 3.05) is 33.3 Å². The maximum atomic E-state index is 12.4. The van der Waals surface area contributed by atoms with Crippen LogP contribution in [-0.2, 0) is 4.79 Å². The van der Waals surface area contributed by atoms with Crippen LogP contribution in [0.15, 0.2) is 40.9 Å². The minimum Gasteiger partial charge on any atom is -0.496 e. The Morgan fingerprint density at radius 3 is 2.61 bits per heavy atom. The highest BCUT2D eigenvalue weighted by Crippen LogP contribution is 2.35. The lowest BCUT2D eigenvalue weighted by molar-refractivity contribution is -0.385. The van der Waals surface area contributed by atoms with E-state index in [4.69, 9.17) is 34.4 Å². The SMILES string of the molecule is COc1cc2c(c([N+](=O)[O-])c1)C(=NN)C(N/C=C/C(=O)N1CCN(N)CC1)=C(N)C2=S. The number of hydrogen-bond donors (Lipinski definition) is 4. The first-order valence-corrected chi connectivity index (χ1v) is 9.60. The predicted octanol–water partition coefficient (Wildman–Crippen LogP) is -0.711. The number of piperazine rings is 1. The quantitative estimate of drug-likeness (QED) is 0.148. The van der Waals surface area contributed by atoms with E-state index in [2.05, 4.69) is 10.4 Å². The van der Waals surface area contributed by atoms with E-state index in [1.165, 1.54) is 31.5 Å². The molecule has 7 N–H and O–H groups in total. The average Bonchev–Trinajstić information content (AvgIpc) is 2.76. The zero-order chi connectivity index (χ0) is 22.7. The van der Waals surface area contributed by atoms with Gasteiger partial charge in [0.25, 0.3) is 5.69 Å². The largest absolute Gasteiger partial charge is 0.496 e. The van der Waals surface area contributed by atoms with Crippen LogP contribution in [0.2, 0.25) is 0 Å². The summed E-state index contributed by atoms with van der Waals surface area (Å²) >= 11 is 5.42. The number of hydrogen-bond acceptors (Lipinski definition) is 11. The van der Waals surface area contributed by atoms with Gasteiger partial charge in [-0.2, -0.15) is 5.10 Å². The van der Waals surface area contributed by atoms with E-state index in [9.17, 15) is 14.9 Å². The van der Waals surface area contributed by atoms with Gasteiger partial charge < -0.3 is 26.5 Å². The third-order valence-electron chi connectivity index (χ3n) is 4.96. The van der Waals surface area contributed by atoms with Gasteiger partial charge in [0, 0.05) is 44.0 Å². The van der Waals surface area contributed by atoms with Crippen molar-refractivity contribution in [2.45, 2.75) is 0 Å². The van der Waals surface area contributed by atoms with Gasteiger partial charge in [-0.25, -0.2) is 5.01 Å². The van der Waals surface area contributed by atoms with Gasteiger partial charge in [-0.3, -0.25) is 20.8 Å². The molecule has 1 aromatic rings. The normalized spacial score (nSPS) is 18.5. The van der Waals surface area contributed by atoms with Crippen LogP contribution in [0.4, 0.5) is 5.69 Å². The summed E-state index contributed by atoms with van der Waals surface area (Å²) in [4.78, 5) is 25.3. The molecule has 1 aliphatic heterocycles. The van der Waals surface area contributed by atoms with Crippen LogP contribution in [0.25, 0.3) is 0 Å². The molecule has 1 fully saturated rings. The van der Waals surface area contributed by atoms with Gasteiger partial charge in [0.1, 0.15) is 11.5 Å². The molecule has 0 aromatic heterocycles. The smallest absolute Gasteiger partial charge is 0.283 e. The number of carbonyl (C=O) groups is 1. The maximum absolute atomic E-state index is 12.4. The van der Waals surface area contributed by atoms with Crippen molar-refractivity contribution in [2.24, 2.45) is 22.5 Å². The molecular formula is C18H22N8O4S. The van der Waals surface area contributed by atoms with Crippen LogP contribution in [0, 0.1) is 10.1 Å². The number of nitro benzene ring substituents is 1. The summed E-state index contributed by atoms with van der Waals surface area (Å²) in [6.45, 7) is 2.16. The molecule has 0 bridgehead atoms. The van der Waals surface area contributed by atoms with Gasteiger partial charge in [-0.1, -0.05) is 12.2 Å². The summed E-state index contributed by atoms with van der Waals surface area (Å²) in [5.41, 5.74) is 6.65. The van der Waals surface area contributed by atoms with Crippen LogP contribution in [0.1, 0.15) is 11.1 Å². The van der Waals surface area contributed by atoms with Crippen LogP contribution in [0.5, 0.6) is 5.75 Å². The van der Waals surface area contributed by atoms with Crippen LogP contribution >= 0.6 is 12.2 Å². The van der Waals surface area contributed by atoms with E-state index in [0.29, 0.717) is 31.7 Å². The van der Waals surface area contributed by atoms with E-state index in [-0.39, 0.29) is 44.9 Å². The van der Waals surface area contributed by atoms with Crippen molar-refractivity contribution in [3.05, 3.63) is 57.0 Å². The highest BCUT2D eigenvalue weighted by molar-refractivity contribution is 7.81. The molecule has 1 heterocycles. The molecule has 2 aliphatic rings. The van der Waals surface area contributed by atoms with Crippen molar-refractivity contribution in [1.29, 1.82) is 0 Å². The van der Waals surface area contributed by atoms with Gasteiger partial charge in [0.2, 0.25) is 5.91 Å². The zero-order valence-corrected chi connectivity index (χ0v) is 17.5. The van der Waals surface area contributed by atoms with E-state index >= 15 is 0 Å². The number of fused-ring (bicyclic) bond motifs is 1. The number of hydrazone groups is 1. The molecule has 13 heteroatoms. The summed E-state index contributed by atoms with van der Waals surface area (Å²) in [6.07, 6.45) is 2.69. The molecule has 164 valence electrons. The number of methoxy groups -OCH3 is 1. The fourth-order valence-corrected chi connectivity index (χ4v) is 3.58. The predicted molar refractivity (Wildman–Crippen MR) is 118 cm³/mol. The first-order valence-electron chi connectivity index (χ1n) is 9.19. The average molecular weight is 446 g/mol. The number of nitrogens with one attached hydrogen (secondary N) is 1. The second kappa shape index (κ2) is 9.07. The number of rotatable bonds is 5. The number of benzene rings is 1. The Kier molecular flexibility index (Phi) is 6.48. The Hall–Kier alpha value is -3.55. The number of carbonyl (C=O) groups excluding carboxylic acids is 1. The van der Waals surface area contributed by atoms with Crippen molar-refractivity contribution in [3.8, 4) is 5.75 Å². The molecule has 1 aliphatic carbocycles. The summed E-state index contributed by atoms with van der Waals surface area (Å²) in [6, 6.07) is 2.79. The molecule has 1 saturated heterocycles. The van der Waals surface area contributed by atoms with Crippen molar-refractivity contribution < 1.29 is 14.5 Å². The molecule has 31 heavy (non-hydrogen) atoms. The number of nitro groups is 1. The van der Waals surface area contributed by atoms with Gasteiger partial charge in [-0.05, 0) is 6.07 Å². The van der Waals surface area contributed by atoms with E-state index in [1.54, 1.807) is 9.91 Å². The second-order valence-electron chi connectivity index (χ2n) is 6.76. The van der Waals surface area contributed by atoms with Gasteiger partial charge in [0.15, 0.2) is 0 Å². The zero-order valence-electron chi connectivity index (χ0n) is 16.7. The van der Waals surface area contributed by atoms with E-state index in [0.717, 1.165) is 0 Å². The molecule has 0 spiro atoms. The second-order valence-corrected chi connectivity index (χ2v) is 7.17. The highest BCUT2D eigenvalue weighted by Gasteiger charge is 2.34. The molecule has 3 rings (SSSR count). The highest BCUT2D eigenvalue weighted by atomic mass is 32.1. The Morgan fingerprint density at radius 2 is 2.03 bits per heavy atom. The molecular weight excluding hydrogens is 424 g/mol. The third kappa shape index (κ3) is 4.33. The fraction of sp³-hybridized carbons (Fsp3) is 0.278. The number of nitrogens with zero attached hydrogens (tertiary/aromatic N) is 4. The Morgan fingerprint density at radius 1 is 1.35 bits per heavy atom.